The van der Waals surface area contributed by atoms with E-state index in [0.29, 0.717) is 23.1 Å². The molecule has 0 saturated carbocycles. The number of ether oxygens (including phenoxy) is 1. The van der Waals surface area contributed by atoms with Gasteiger partial charge >= 0.3 is 0 Å². The van der Waals surface area contributed by atoms with Gasteiger partial charge in [-0.2, -0.15) is 5.26 Å². The molecule has 0 aliphatic heterocycles. The Morgan fingerprint density at radius 3 is 2.43 bits per heavy atom. The molecule has 3 rings (SSSR count). The molecular weight excluding hydrogens is 396 g/mol. The number of nitriles is 1. The fourth-order valence-corrected chi connectivity index (χ4v) is 2.93. The molecule has 0 aromatic heterocycles. The number of nitrogens with one attached hydrogen (secondary N) is 1. The summed E-state index contributed by atoms with van der Waals surface area (Å²) < 4.78 is 5.79. The van der Waals surface area contributed by atoms with Crippen LogP contribution in [-0.4, -0.2) is 5.91 Å². The van der Waals surface area contributed by atoms with Crippen molar-refractivity contribution in [2.24, 2.45) is 0 Å². The zero-order chi connectivity index (χ0) is 21.5. The number of nitrogens with zero attached hydrogens (tertiary/aromatic N) is 1. The second-order valence-electron chi connectivity index (χ2n) is 6.88. The third kappa shape index (κ3) is 5.50. The first-order valence-electron chi connectivity index (χ1n) is 9.43. The Kier molecular flexibility index (Phi) is 6.90. The van der Waals surface area contributed by atoms with Crippen LogP contribution in [0.4, 0.5) is 5.69 Å². The molecule has 0 fully saturated rings. The number of carbonyl (C=O) groups excluding carboxylic acids is 1. The fourth-order valence-electron chi connectivity index (χ4n) is 2.76. The summed E-state index contributed by atoms with van der Waals surface area (Å²) in [6.45, 7) is 4.33. The lowest BCUT2D eigenvalue weighted by Crippen LogP contribution is -2.14. The minimum absolute atomic E-state index is 0.00250. The van der Waals surface area contributed by atoms with E-state index in [9.17, 15) is 10.1 Å². The number of anilines is 1. The molecule has 30 heavy (non-hydrogen) atoms. The first kappa shape index (κ1) is 21.2. The predicted molar refractivity (Wildman–Crippen MR) is 120 cm³/mol. The maximum Gasteiger partial charge on any atom is 0.266 e. The lowest BCUT2D eigenvalue weighted by molar-refractivity contribution is -0.112. The Labute approximate surface area is 181 Å². The molecule has 3 aromatic carbocycles. The topological polar surface area (TPSA) is 62.1 Å². The lowest BCUT2D eigenvalue weighted by atomic mass is 10.1. The Morgan fingerprint density at radius 2 is 1.77 bits per heavy atom. The van der Waals surface area contributed by atoms with E-state index in [2.05, 4.69) is 5.32 Å². The van der Waals surface area contributed by atoms with E-state index in [4.69, 9.17) is 16.3 Å². The second kappa shape index (κ2) is 9.78. The van der Waals surface area contributed by atoms with Crippen LogP contribution in [0.5, 0.6) is 5.75 Å². The molecule has 3 aromatic rings. The summed E-state index contributed by atoms with van der Waals surface area (Å²) in [7, 11) is 0. The van der Waals surface area contributed by atoms with Crippen LogP contribution in [0, 0.1) is 25.2 Å². The normalized spacial score (nSPS) is 10.9. The molecule has 150 valence electrons. The van der Waals surface area contributed by atoms with Gasteiger partial charge in [0, 0.05) is 10.7 Å². The monoisotopic (exact) mass is 416 g/mol. The molecule has 0 saturated heterocycles. The van der Waals surface area contributed by atoms with Gasteiger partial charge in [-0.25, -0.2) is 0 Å². The van der Waals surface area contributed by atoms with E-state index >= 15 is 0 Å². The zero-order valence-electron chi connectivity index (χ0n) is 16.8. The Hall–Kier alpha value is -3.55. The Bertz CT molecular complexity index is 1110. The number of aryl methyl sites for hydroxylation is 1. The standard InChI is InChI=1S/C25H21ClN2O2/c1-17-6-8-20(9-7-17)16-30-22-12-10-19(11-13-22)14-21(15-27)25(29)28-24-5-3-4-23(26)18(24)2/h3-14H,16H2,1-2H3,(H,28,29)/b21-14-. The summed E-state index contributed by atoms with van der Waals surface area (Å²) >= 11 is 6.08. The molecule has 0 bridgehead atoms. The van der Waals surface area contributed by atoms with E-state index in [1.54, 1.807) is 36.4 Å². The molecule has 0 unspecified atom stereocenters. The van der Waals surface area contributed by atoms with E-state index in [-0.39, 0.29) is 5.57 Å². The van der Waals surface area contributed by atoms with Crippen molar-refractivity contribution in [3.8, 4) is 11.8 Å². The van der Waals surface area contributed by atoms with Gasteiger partial charge in [0.15, 0.2) is 0 Å². The van der Waals surface area contributed by atoms with Crippen LogP contribution in [-0.2, 0) is 11.4 Å². The Balaban J connectivity index is 1.66. The van der Waals surface area contributed by atoms with Gasteiger partial charge in [-0.3, -0.25) is 4.79 Å². The third-order valence-electron chi connectivity index (χ3n) is 4.60. The molecule has 1 N–H and O–H groups in total. The van der Waals surface area contributed by atoms with Crippen molar-refractivity contribution in [2.75, 3.05) is 5.32 Å². The molecule has 1 amide bonds. The zero-order valence-corrected chi connectivity index (χ0v) is 17.5. The molecule has 4 nitrogen and oxygen atoms in total. The summed E-state index contributed by atoms with van der Waals surface area (Å²) in [5, 5.41) is 12.7. The van der Waals surface area contributed by atoms with Gasteiger partial charge in [-0.15, -0.1) is 0 Å². The van der Waals surface area contributed by atoms with E-state index in [1.165, 1.54) is 5.56 Å². The lowest BCUT2D eigenvalue weighted by Gasteiger charge is -2.09. The summed E-state index contributed by atoms with van der Waals surface area (Å²) in [5.41, 5.74) is 4.35. The van der Waals surface area contributed by atoms with Crippen LogP contribution >= 0.6 is 11.6 Å². The van der Waals surface area contributed by atoms with Gasteiger partial charge in [0.05, 0.1) is 0 Å². The third-order valence-corrected chi connectivity index (χ3v) is 5.01. The van der Waals surface area contributed by atoms with Crippen LogP contribution in [0.2, 0.25) is 5.02 Å². The van der Waals surface area contributed by atoms with Crippen molar-refractivity contribution in [3.63, 3.8) is 0 Å². The molecule has 0 atom stereocenters. The van der Waals surface area contributed by atoms with E-state index < -0.39 is 5.91 Å². The second-order valence-corrected chi connectivity index (χ2v) is 7.29. The number of hydrogen-bond donors (Lipinski definition) is 1. The summed E-state index contributed by atoms with van der Waals surface area (Å²) in [4.78, 5) is 12.5. The molecule has 0 spiro atoms. The summed E-state index contributed by atoms with van der Waals surface area (Å²) in [6.07, 6.45) is 1.54. The van der Waals surface area contributed by atoms with Crippen molar-refractivity contribution in [1.29, 1.82) is 5.26 Å². The molecule has 0 radical (unpaired) electrons. The van der Waals surface area contributed by atoms with Crippen LogP contribution < -0.4 is 10.1 Å². The van der Waals surface area contributed by atoms with E-state index in [1.807, 2.05) is 56.3 Å². The molecular formula is C25H21ClN2O2. The highest BCUT2D eigenvalue weighted by Crippen LogP contribution is 2.23. The van der Waals surface area contributed by atoms with Gasteiger partial charge in [-0.05, 0) is 60.9 Å². The summed E-state index contributed by atoms with van der Waals surface area (Å²) in [5.74, 6) is 0.229. The van der Waals surface area contributed by atoms with Gasteiger partial charge in [-0.1, -0.05) is 59.6 Å². The van der Waals surface area contributed by atoms with Crippen LogP contribution in [0.25, 0.3) is 6.08 Å². The van der Waals surface area contributed by atoms with Gasteiger partial charge in [0.25, 0.3) is 5.91 Å². The average molecular weight is 417 g/mol. The highest BCUT2D eigenvalue weighted by Gasteiger charge is 2.12. The van der Waals surface area contributed by atoms with Gasteiger partial charge < -0.3 is 10.1 Å². The van der Waals surface area contributed by atoms with E-state index in [0.717, 1.165) is 16.7 Å². The smallest absolute Gasteiger partial charge is 0.266 e. The largest absolute Gasteiger partial charge is 0.489 e. The van der Waals surface area contributed by atoms with Crippen molar-refractivity contribution >= 4 is 29.3 Å². The number of rotatable bonds is 6. The highest BCUT2D eigenvalue weighted by molar-refractivity contribution is 6.31. The highest BCUT2D eigenvalue weighted by atomic mass is 35.5. The molecule has 0 aliphatic rings. The maximum atomic E-state index is 12.5. The minimum Gasteiger partial charge on any atom is -0.489 e. The van der Waals surface area contributed by atoms with Crippen molar-refractivity contribution < 1.29 is 9.53 Å². The summed E-state index contributed by atoms with van der Waals surface area (Å²) in [6, 6.07) is 22.6. The minimum atomic E-state index is -0.484. The SMILES string of the molecule is Cc1ccc(COc2ccc(/C=C(/C#N)C(=O)Nc3cccc(Cl)c3C)cc2)cc1. The first-order valence-corrected chi connectivity index (χ1v) is 9.81. The van der Waals surface area contributed by atoms with Crippen LogP contribution in [0.15, 0.2) is 72.3 Å². The molecule has 0 heterocycles. The number of benzene rings is 3. The number of hydrogen-bond acceptors (Lipinski definition) is 3. The number of carbonyl (C=O) groups is 1. The average Bonchev–Trinajstić information content (AvgIpc) is 2.75. The number of halogens is 1. The first-order chi connectivity index (χ1) is 14.5. The Morgan fingerprint density at radius 1 is 1.07 bits per heavy atom. The maximum absolute atomic E-state index is 12.5. The van der Waals surface area contributed by atoms with Crippen molar-refractivity contribution in [3.05, 3.63) is 99.6 Å². The van der Waals surface area contributed by atoms with Gasteiger partial charge in [0.2, 0.25) is 0 Å². The predicted octanol–water partition coefficient (Wildman–Crippen LogP) is 6.08. The number of amides is 1. The molecule has 5 heteroatoms. The van der Waals surface area contributed by atoms with Crippen LogP contribution in [0.1, 0.15) is 22.3 Å². The quantitative estimate of drug-likeness (QED) is 0.391. The van der Waals surface area contributed by atoms with Gasteiger partial charge in [0.1, 0.15) is 24.0 Å². The molecule has 0 aliphatic carbocycles. The van der Waals surface area contributed by atoms with Crippen LogP contribution in [0.3, 0.4) is 0 Å². The fraction of sp³-hybridized carbons (Fsp3) is 0.120. The van der Waals surface area contributed by atoms with Crippen molar-refractivity contribution in [2.45, 2.75) is 20.5 Å². The van der Waals surface area contributed by atoms with Crippen molar-refractivity contribution in [1.82, 2.24) is 0 Å².